The van der Waals surface area contributed by atoms with E-state index in [0.717, 1.165) is 9.87 Å². The minimum atomic E-state index is -4.11. The first-order valence-corrected chi connectivity index (χ1v) is 15.3. The molecule has 0 bridgehead atoms. The van der Waals surface area contributed by atoms with Crippen molar-refractivity contribution in [2.75, 3.05) is 17.4 Å². The number of sulfonamides is 1. The van der Waals surface area contributed by atoms with Crippen molar-refractivity contribution in [1.82, 2.24) is 10.2 Å². The molecule has 0 aliphatic rings. The van der Waals surface area contributed by atoms with Gasteiger partial charge in [0.25, 0.3) is 10.0 Å². The monoisotopic (exact) mass is 603 g/mol. The van der Waals surface area contributed by atoms with E-state index in [1.165, 1.54) is 17.0 Å². The molecule has 0 radical (unpaired) electrons. The van der Waals surface area contributed by atoms with Crippen molar-refractivity contribution >= 4 is 50.7 Å². The highest BCUT2D eigenvalue weighted by Crippen LogP contribution is 2.27. The zero-order valence-corrected chi connectivity index (χ0v) is 25.4. The third-order valence-electron chi connectivity index (χ3n) is 6.34. The van der Waals surface area contributed by atoms with Gasteiger partial charge in [-0.2, -0.15) is 0 Å². The molecule has 3 aromatic rings. The number of benzene rings is 3. The molecule has 0 fully saturated rings. The van der Waals surface area contributed by atoms with Crippen LogP contribution in [0.1, 0.15) is 38.3 Å². The molecule has 0 aliphatic carbocycles. The van der Waals surface area contributed by atoms with Gasteiger partial charge in [-0.3, -0.25) is 13.9 Å². The second-order valence-corrected chi connectivity index (χ2v) is 12.7. The molecule has 0 aliphatic heterocycles. The first kappa shape index (κ1) is 31.5. The molecule has 3 aromatic carbocycles. The van der Waals surface area contributed by atoms with Crippen LogP contribution in [-0.4, -0.2) is 44.3 Å². The summed E-state index contributed by atoms with van der Waals surface area (Å²) in [5.41, 5.74) is 1.95. The zero-order valence-electron chi connectivity index (χ0n) is 23.1. The van der Waals surface area contributed by atoms with Gasteiger partial charge in [0.2, 0.25) is 11.8 Å². The molecule has 214 valence electrons. The van der Waals surface area contributed by atoms with Gasteiger partial charge in [0.15, 0.2) is 0 Å². The van der Waals surface area contributed by atoms with Crippen molar-refractivity contribution in [3.8, 4) is 0 Å². The van der Waals surface area contributed by atoms with Crippen LogP contribution in [0.15, 0.2) is 77.7 Å². The van der Waals surface area contributed by atoms with Gasteiger partial charge >= 0.3 is 0 Å². The smallest absolute Gasteiger partial charge is 0.264 e. The Bertz CT molecular complexity index is 1410. The van der Waals surface area contributed by atoms with Crippen LogP contribution in [0.2, 0.25) is 10.0 Å². The van der Waals surface area contributed by atoms with E-state index in [9.17, 15) is 18.0 Å². The van der Waals surface area contributed by atoms with Gasteiger partial charge in [-0.15, -0.1) is 0 Å². The average molecular weight is 605 g/mol. The predicted octanol–water partition coefficient (Wildman–Crippen LogP) is 6.08. The third-order valence-corrected chi connectivity index (χ3v) is 8.87. The number of rotatable bonds is 12. The lowest BCUT2D eigenvalue weighted by Gasteiger charge is -2.33. The highest BCUT2D eigenvalue weighted by atomic mass is 35.5. The highest BCUT2D eigenvalue weighted by molar-refractivity contribution is 7.92. The summed E-state index contributed by atoms with van der Waals surface area (Å²) in [6, 6.07) is 19.0. The first-order chi connectivity index (χ1) is 18.9. The number of hydrogen-bond donors (Lipinski definition) is 1. The van der Waals surface area contributed by atoms with E-state index in [-0.39, 0.29) is 23.3 Å². The molecule has 0 aromatic heterocycles. The summed E-state index contributed by atoms with van der Waals surface area (Å²) in [5.74, 6) is -0.621. The van der Waals surface area contributed by atoms with Crippen LogP contribution in [0, 0.1) is 12.8 Å². The maximum absolute atomic E-state index is 14.1. The largest absolute Gasteiger partial charge is 0.354 e. The van der Waals surface area contributed by atoms with Crippen molar-refractivity contribution in [2.45, 2.75) is 51.6 Å². The van der Waals surface area contributed by atoms with Gasteiger partial charge in [0.1, 0.15) is 12.6 Å². The van der Waals surface area contributed by atoms with Crippen molar-refractivity contribution in [3.05, 3.63) is 94.0 Å². The fourth-order valence-electron chi connectivity index (χ4n) is 4.14. The molecule has 3 rings (SSSR count). The minimum absolute atomic E-state index is 0.0381. The second kappa shape index (κ2) is 14.0. The van der Waals surface area contributed by atoms with Crippen LogP contribution in [0.3, 0.4) is 0 Å². The molecule has 0 spiro atoms. The predicted molar refractivity (Wildman–Crippen MR) is 161 cm³/mol. The highest BCUT2D eigenvalue weighted by Gasteiger charge is 2.33. The maximum Gasteiger partial charge on any atom is 0.264 e. The number of anilines is 1. The summed E-state index contributed by atoms with van der Waals surface area (Å²) in [7, 11) is -4.11. The number of carbonyl (C=O) groups is 2. The summed E-state index contributed by atoms with van der Waals surface area (Å²) in [6.07, 6.45) is 0.326. The number of nitrogens with one attached hydrogen (secondary N) is 1. The third kappa shape index (κ3) is 7.99. The summed E-state index contributed by atoms with van der Waals surface area (Å²) in [4.78, 5) is 28.8. The van der Waals surface area contributed by atoms with Crippen LogP contribution >= 0.6 is 23.2 Å². The van der Waals surface area contributed by atoms with E-state index in [1.807, 2.05) is 27.7 Å². The Labute approximate surface area is 247 Å². The lowest BCUT2D eigenvalue weighted by atomic mass is 10.1. The molecule has 0 unspecified atom stereocenters. The minimum Gasteiger partial charge on any atom is -0.354 e. The summed E-state index contributed by atoms with van der Waals surface area (Å²) >= 11 is 12.3. The lowest BCUT2D eigenvalue weighted by molar-refractivity contribution is -0.140. The van der Waals surface area contributed by atoms with Crippen LogP contribution < -0.4 is 9.62 Å². The van der Waals surface area contributed by atoms with E-state index in [4.69, 9.17) is 23.2 Å². The van der Waals surface area contributed by atoms with Crippen molar-refractivity contribution < 1.29 is 18.0 Å². The molecular weight excluding hydrogens is 569 g/mol. The number of nitrogens with zero attached hydrogens (tertiary/aromatic N) is 2. The Morgan fingerprint density at radius 3 is 2.15 bits per heavy atom. The van der Waals surface area contributed by atoms with Crippen molar-refractivity contribution in [3.63, 3.8) is 0 Å². The van der Waals surface area contributed by atoms with Crippen LogP contribution in [0.25, 0.3) is 0 Å². The molecule has 2 amide bonds. The van der Waals surface area contributed by atoms with E-state index < -0.39 is 28.5 Å². The van der Waals surface area contributed by atoms with Crippen molar-refractivity contribution in [2.24, 2.45) is 5.92 Å². The summed E-state index contributed by atoms with van der Waals surface area (Å²) in [6.45, 7) is 7.65. The fraction of sp³-hybridized carbons (Fsp3) is 0.333. The number of aryl methyl sites for hydroxylation is 1. The van der Waals surface area contributed by atoms with Gasteiger partial charge in [0, 0.05) is 13.1 Å². The number of hydrogen-bond acceptors (Lipinski definition) is 4. The van der Waals surface area contributed by atoms with E-state index in [1.54, 1.807) is 60.7 Å². The van der Waals surface area contributed by atoms with E-state index in [2.05, 4.69) is 5.32 Å². The van der Waals surface area contributed by atoms with Gasteiger partial charge < -0.3 is 10.2 Å². The number of carbonyl (C=O) groups excluding carboxylic acids is 2. The van der Waals surface area contributed by atoms with Crippen LogP contribution in [0.4, 0.5) is 5.69 Å². The molecule has 40 heavy (non-hydrogen) atoms. The second-order valence-electron chi connectivity index (χ2n) is 9.99. The Hall–Kier alpha value is -3.07. The number of amides is 2. The Kier molecular flexibility index (Phi) is 11.0. The van der Waals surface area contributed by atoms with Gasteiger partial charge in [-0.1, -0.05) is 85.9 Å². The van der Waals surface area contributed by atoms with E-state index >= 15 is 0 Å². The Balaban J connectivity index is 2.04. The maximum atomic E-state index is 14.1. The molecule has 7 nitrogen and oxygen atoms in total. The molecule has 10 heteroatoms. The number of halogens is 2. The average Bonchev–Trinajstić information content (AvgIpc) is 2.93. The Morgan fingerprint density at radius 1 is 0.925 bits per heavy atom. The lowest BCUT2D eigenvalue weighted by Crippen LogP contribution is -2.52. The van der Waals surface area contributed by atoms with Gasteiger partial charge in [0.05, 0.1) is 20.6 Å². The molecule has 1 atom stereocenters. The summed E-state index contributed by atoms with van der Waals surface area (Å²) < 4.78 is 28.7. The molecule has 0 saturated heterocycles. The van der Waals surface area contributed by atoms with Gasteiger partial charge in [-0.25, -0.2) is 8.42 Å². The Morgan fingerprint density at radius 2 is 1.57 bits per heavy atom. The zero-order chi connectivity index (χ0) is 29.4. The summed E-state index contributed by atoms with van der Waals surface area (Å²) in [5, 5.41) is 3.59. The van der Waals surface area contributed by atoms with Crippen LogP contribution in [-0.2, 0) is 26.2 Å². The molecule has 1 N–H and O–H groups in total. The fourth-order valence-corrected chi connectivity index (χ4v) is 5.89. The SMILES string of the molecule is CC[C@@H](C(=O)NCC(C)C)N(Cc1ccc(Cl)c(Cl)c1)C(=O)CN(c1ccc(C)cc1)S(=O)(=O)c1ccccc1. The standard InChI is InChI=1S/C30H35Cl2N3O4S/c1-5-28(30(37)33-18-21(2)3)34(19-23-13-16-26(31)27(32)17-23)29(36)20-35(24-14-11-22(4)12-15-24)40(38,39)25-9-7-6-8-10-25/h6-17,21,28H,5,18-20H2,1-4H3,(H,33,37)/t28-/m0/s1. The molecule has 0 saturated carbocycles. The molecular formula is C30H35Cl2N3O4S. The normalized spacial score (nSPS) is 12.2. The van der Waals surface area contributed by atoms with E-state index in [0.29, 0.717) is 34.3 Å². The quantitative estimate of drug-likeness (QED) is 0.272. The van der Waals surface area contributed by atoms with Crippen LogP contribution in [0.5, 0.6) is 0 Å². The topological polar surface area (TPSA) is 86.8 Å². The van der Waals surface area contributed by atoms with Crippen molar-refractivity contribution in [1.29, 1.82) is 0 Å². The molecule has 0 heterocycles. The van der Waals surface area contributed by atoms with Gasteiger partial charge in [-0.05, 0) is 61.2 Å². The first-order valence-electron chi connectivity index (χ1n) is 13.1.